The molecule has 1 aromatic rings. The lowest BCUT2D eigenvalue weighted by Crippen LogP contribution is -2.23. The largest absolute Gasteiger partial charge is 0.466 e. The standard InChI is InChI=1S/C14H20O5/c1-3-19-13(17)7-12(16)14(18)11-5-4-10(8-15)6-9(11)2/h4-6,12,14-16,18H,3,7-8H2,1-2H3. The van der Waals surface area contributed by atoms with Crippen LogP contribution in [0, 0.1) is 6.92 Å². The van der Waals surface area contributed by atoms with Crippen LogP contribution in [0.5, 0.6) is 0 Å². The van der Waals surface area contributed by atoms with Crippen molar-refractivity contribution in [2.24, 2.45) is 0 Å². The monoisotopic (exact) mass is 268 g/mol. The zero-order valence-electron chi connectivity index (χ0n) is 11.2. The van der Waals surface area contributed by atoms with Crippen LogP contribution in [0.25, 0.3) is 0 Å². The lowest BCUT2D eigenvalue weighted by Gasteiger charge is -2.19. The van der Waals surface area contributed by atoms with Crippen LogP contribution in [0.2, 0.25) is 0 Å². The molecule has 0 aliphatic heterocycles. The Bertz CT molecular complexity index is 430. The van der Waals surface area contributed by atoms with E-state index in [4.69, 9.17) is 9.84 Å². The van der Waals surface area contributed by atoms with Gasteiger partial charge in [0.05, 0.1) is 25.7 Å². The number of carbonyl (C=O) groups excluding carboxylic acids is 1. The Morgan fingerprint density at radius 2 is 2.05 bits per heavy atom. The Balaban J connectivity index is 2.76. The molecule has 1 rings (SSSR count). The van der Waals surface area contributed by atoms with Crippen LogP contribution >= 0.6 is 0 Å². The van der Waals surface area contributed by atoms with E-state index in [1.807, 2.05) is 0 Å². The highest BCUT2D eigenvalue weighted by Crippen LogP contribution is 2.23. The number of aryl methyl sites for hydroxylation is 1. The van der Waals surface area contributed by atoms with Crippen LogP contribution < -0.4 is 0 Å². The summed E-state index contributed by atoms with van der Waals surface area (Å²) in [5.74, 6) is -0.543. The van der Waals surface area contributed by atoms with Crippen molar-refractivity contribution < 1.29 is 24.9 Å². The number of hydrogen-bond donors (Lipinski definition) is 3. The number of aliphatic hydroxyl groups is 3. The van der Waals surface area contributed by atoms with E-state index in [1.54, 1.807) is 32.0 Å². The minimum atomic E-state index is -1.21. The highest BCUT2D eigenvalue weighted by molar-refractivity contribution is 5.70. The van der Waals surface area contributed by atoms with Gasteiger partial charge in [-0.15, -0.1) is 0 Å². The van der Waals surface area contributed by atoms with Crippen LogP contribution in [-0.4, -0.2) is 34.0 Å². The van der Waals surface area contributed by atoms with Gasteiger partial charge in [-0.25, -0.2) is 0 Å². The van der Waals surface area contributed by atoms with E-state index in [1.165, 1.54) is 0 Å². The van der Waals surface area contributed by atoms with Gasteiger partial charge in [0.25, 0.3) is 0 Å². The van der Waals surface area contributed by atoms with Crippen LogP contribution in [0.1, 0.15) is 36.1 Å². The first-order valence-corrected chi connectivity index (χ1v) is 6.21. The Morgan fingerprint density at radius 1 is 1.37 bits per heavy atom. The fourth-order valence-electron chi connectivity index (χ4n) is 1.88. The molecule has 0 aromatic heterocycles. The van der Waals surface area contributed by atoms with Crippen molar-refractivity contribution in [3.8, 4) is 0 Å². The molecule has 1 aromatic carbocycles. The Labute approximate surface area is 112 Å². The maximum Gasteiger partial charge on any atom is 0.308 e. The van der Waals surface area contributed by atoms with Gasteiger partial charge in [0, 0.05) is 0 Å². The van der Waals surface area contributed by atoms with Gasteiger partial charge in [-0.1, -0.05) is 18.2 Å². The molecule has 2 unspecified atom stereocenters. The minimum Gasteiger partial charge on any atom is -0.466 e. The molecule has 0 aliphatic carbocycles. The zero-order valence-corrected chi connectivity index (χ0v) is 11.2. The molecule has 0 radical (unpaired) electrons. The lowest BCUT2D eigenvalue weighted by atomic mass is 9.96. The van der Waals surface area contributed by atoms with Crippen molar-refractivity contribution in [3.63, 3.8) is 0 Å². The Morgan fingerprint density at radius 3 is 2.58 bits per heavy atom. The minimum absolute atomic E-state index is 0.0808. The molecular formula is C14H20O5. The van der Waals surface area contributed by atoms with Gasteiger partial charge in [-0.05, 0) is 30.5 Å². The molecule has 19 heavy (non-hydrogen) atoms. The molecule has 0 fully saturated rings. The third-order valence-corrected chi connectivity index (χ3v) is 2.88. The molecule has 0 bridgehead atoms. The highest BCUT2D eigenvalue weighted by atomic mass is 16.5. The quantitative estimate of drug-likeness (QED) is 0.665. The number of aliphatic hydroxyl groups excluding tert-OH is 3. The van der Waals surface area contributed by atoms with Crippen LogP contribution in [0.4, 0.5) is 0 Å². The average Bonchev–Trinajstić information content (AvgIpc) is 2.37. The van der Waals surface area contributed by atoms with Crippen molar-refractivity contribution in [2.75, 3.05) is 6.61 Å². The van der Waals surface area contributed by atoms with E-state index in [-0.39, 0.29) is 19.6 Å². The third kappa shape index (κ3) is 4.31. The van der Waals surface area contributed by atoms with Gasteiger partial charge >= 0.3 is 5.97 Å². The Kier molecular flexibility index (Phi) is 5.95. The van der Waals surface area contributed by atoms with E-state index in [2.05, 4.69) is 0 Å². The smallest absolute Gasteiger partial charge is 0.308 e. The van der Waals surface area contributed by atoms with Gasteiger partial charge in [0.1, 0.15) is 6.10 Å². The number of rotatable bonds is 6. The fourth-order valence-corrected chi connectivity index (χ4v) is 1.88. The number of ether oxygens (including phenoxy) is 1. The van der Waals surface area contributed by atoms with Crippen molar-refractivity contribution in [3.05, 3.63) is 34.9 Å². The molecule has 0 aliphatic rings. The molecule has 0 heterocycles. The van der Waals surface area contributed by atoms with Crippen molar-refractivity contribution in [2.45, 2.75) is 39.1 Å². The predicted molar refractivity (Wildman–Crippen MR) is 69.3 cm³/mol. The lowest BCUT2D eigenvalue weighted by molar-refractivity contribution is -0.147. The summed E-state index contributed by atoms with van der Waals surface area (Å²) in [5, 5.41) is 28.9. The van der Waals surface area contributed by atoms with E-state index in [0.29, 0.717) is 5.56 Å². The average molecular weight is 268 g/mol. The maximum atomic E-state index is 11.2. The first-order chi connectivity index (χ1) is 8.99. The topological polar surface area (TPSA) is 87.0 Å². The third-order valence-electron chi connectivity index (χ3n) is 2.88. The summed E-state index contributed by atoms with van der Waals surface area (Å²) >= 11 is 0. The zero-order chi connectivity index (χ0) is 14.4. The molecule has 106 valence electrons. The van der Waals surface area contributed by atoms with Crippen LogP contribution in [0.15, 0.2) is 18.2 Å². The van der Waals surface area contributed by atoms with Crippen LogP contribution in [-0.2, 0) is 16.1 Å². The molecular weight excluding hydrogens is 248 g/mol. The second kappa shape index (κ2) is 7.23. The van der Waals surface area contributed by atoms with E-state index in [9.17, 15) is 15.0 Å². The SMILES string of the molecule is CCOC(=O)CC(O)C(O)c1ccc(CO)cc1C. The van der Waals surface area contributed by atoms with Crippen molar-refractivity contribution in [1.82, 2.24) is 0 Å². The fraction of sp³-hybridized carbons (Fsp3) is 0.500. The molecule has 5 heteroatoms. The number of benzene rings is 1. The van der Waals surface area contributed by atoms with Crippen molar-refractivity contribution >= 4 is 5.97 Å². The molecule has 3 N–H and O–H groups in total. The summed E-state index contributed by atoms with van der Waals surface area (Å²) in [4.78, 5) is 11.2. The summed E-state index contributed by atoms with van der Waals surface area (Å²) in [6.07, 6.45) is -2.62. The molecule has 0 saturated carbocycles. The summed E-state index contributed by atoms with van der Waals surface area (Å²) in [7, 11) is 0. The van der Waals surface area contributed by atoms with Gasteiger partial charge in [0.2, 0.25) is 0 Å². The number of carbonyl (C=O) groups is 1. The maximum absolute atomic E-state index is 11.2. The first-order valence-electron chi connectivity index (χ1n) is 6.21. The molecule has 0 saturated heterocycles. The summed E-state index contributed by atoms with van der Waals surface area (Å²) in [5.41, 5.74) is 2.02. The normalized spacial score (nSPS) is 13.9. The second-order valence-electron chi connectivity index (χ2n) is 4.37. The van der Waals surface area contributed by atoms with Gasteiger partial charge in [0.15, 0.2) is 0 Å². The molecule has 0 amide bonds. The van der Waals surface area contributed by atoms with Gasteiger partial charge < -0.3 is 20.1 Å². The van der Waals surface area contributed by atoms with Gasteiger partial charge in [-0.2, -0.15) is 0 Å². The first kappa shape index (κ1) is 15.6. The highest BCUT2D eigenvalue weighted by Gasteiger charge is 2.23. The number of hydrogen-bond acceptors (Lipinski definition) is 5. The number of esters is 1. The van der Waals surface area contributed by atoms with Crippen molar-refractivity contribution in [1.29, 1.82) is 0 Å². The summed E-state index contributed by atoms with van der Waals surface area (Å²) in [6.45, 7) is 3.61. The van der Waals surface area contributed by atoms with E-state index < -0.39 is 18.2 Å². The Hall–Kier alpha value is -1.43. The van der Waals surface area contributed by atoms with Crippen LogP contribution in [0.3, 0.4) is 0 Å². The second-order valence-corrected chi connectivity index (χ2v) is 4.37. The summed E-state index contributed by atoms with van der Waals surface area (Å²) < 4.78 is 4.72. The van der Waals surface area contributed by atoms with Gasteiger partial charge in [-0.3, -0.25) is 4.79 Å². The van der Waals surface area contributed by atoms with E-state index in [0.717, 1.165) is 11.1 Å². The summed E-state index contributed by atoms with van der Waals surface area (Å²) in [6, 6.07) is 5.04. The molecule has 5 nitrogen and oxygen atoms in total. The van der Waals surface area contributed by atoms with E-state index >= 15 is 0 Å². The predicted octanol–water partition coefficient (Wildman–Crippen LogP) is 0.835. The molecule has 2 atom stereocenters. The molecule has 0 spiro atoms.